The highest BCUT2D eigenvalue weighted by Gasteiger charge is 2.27. The van der Waals surface area contributed by atoms with Crippen LogP contribution in [0.3, 0.4) is 0 Å². The molecule has 21 heavy (non-hydrogen) atoms. The van der Waals surface area contributed by atoms with E-state index >= 15 is 0 Å². The van der Waals surface area contributed by atoms with E-state index < -0.39 is 6.04 Å². The van der Waals surface area contributed by atoms with Gasteiger partial charge in [0.15, 0.2) is 0 Å². The van der Waals surface area contributed by atoms with Crippen LogP contribution in [0.1, 0.15) is 20.8 Å². The van der Waals surface area contributed by atoms with E-state index in [4.69, 9.17) is 17.3 Å². The van der Waals surface area contributed by atoms with Crippen LogP contribution in [-0.2, 0) is 4.79 Å². The van der Waals surface area contributed by atoms with Crippen molar-refractivity contribution in [1.29, 1.82) is 0 Å². The largest absolute Gasteiger partial charge is 0.323 e. The Labute approximate surface area is 127 Å². The van der Waals surface area contributed by atoms with Crippen LogP contribution in [0.5, 0.6) is 0 Å². The van der Waals surface area contributed by atoms with Crippen LogP contribution in [0.2, 0.25) is 5.02 Å². The van der Waals surface area contributed by atoms with Crippen molar-refractivity contribution in [3.05, 3.63) is 29.5 Å². The Morgan fingerprint density at radius 1 is 1.43 bits per heavy atom. The zero-order valence-electron chi connectivity index (χ0n) is 12.0. The SMILES string of the molecule is CC(C)(C)C(N)C(=O)Nc1cc(-n2cnnn2)ccc1Cl. The zero-order valence-corrected chi connectivity index (χ0v) is 12.8. The minimum Gasteiger partial charge on any atom is -0.323 e. The van der Waals surface area contributed by atoms with Crippen LogP contribution < -0.4 is 11.1 Å². The fraction of sp³-hybridized carbons (Fsp3) is 0.385. The minimum absolute atomic E-state index is 0.293. The number of anilines is 1. The molecule has 1 atom stereocenters. The highest BCUT2D eigenvalue weighted by Crippen LogP contribution is 2.26. The summed E-state index contributed by atoms with van der Waals surface area (Å²) in [6.45, 7) is 5.70. The van der Waals surface area contributed by atoms with Gasteiger partial charge >= 0.3 is 0 Å². The minimum atomic E-state index is -0.648. The van der Waals surface area contributed by atoms with Crippen molar-refractivity contribution in [2.75, 3.05) is 5.32 Å². The summed E-state index contributed by atoms with van der Waals surface area (Å²) in [5.74, 6) is -0.293. The van der Waals surface area contributed by atoms with Crippen molar-refractivity contribution in [2.24, 2.45) is 11.1 Å². The van der Waals surface area contributed by atoms with E-state index in [9.17, 15) is 4.79 Å². The fourth-order valence-electron chi connectivity index (χ4n) is 1.63. The lowest BCUT2D eigenvalue weighted by molar-refractivity contribution is -0.119. The Hall–Kier alpha value is -1.99. The molecule has 2 aromatic rings. The van der Waals surface area contributed by atoms with Gasteiger partial charge < -0.3 is 11.1 Å². The number of halogens is 1. The number of hydrogen-bond donors (Lipinski definition) is 2. The standard InChI is InChI=1S/C13H17ClN6O/c1-13(2,3)11(15)12(21)17-10-6-8(4-5-9(10)14)20-7-16-18-19-20/h4-7,11H,15H2,1-3H3,(H,17,21). The van der Waals surface area contributed by atoms with Gasteiger partial charge in [0.2, 0.25) is 5.91 Å². The average Bonchev–Trinajstić information content (AvgIpc) is 2.93. The molecular formula is C13H17ClN6O. The smallest absolute Gasteiger partial charge is 0.241 e. The first-order valence-corrected chi connectivity index (χ1v) is 6.76. The maximum absolute atomic E-state index is 12.2. The third-order valence-electron chi connectivity index (χ3n) is 3.04. The predicted octanol–water partition coefficient (Wildman–Crippen LogP) is 1.63. The Kier molecular flexibility index (Phi) is 4.24. The second kappa shape index (κ2) is 5.79. The highest BCUT2D eigenvalue weighted by atomic mass is 35.5. The molecule has 1 amide bonds. The summed E-state index contributed by atoms with van der Waals surface area (Å²) in [5.41, 5.74) is 6.74. The third kappa shape index (κ3) is 3.56. The van der Waals surface area contributed by atoms with Crippen molar-refractivity contribution in [2.45, 2.75) is 26.8 Å². The van der Waals surface area contributed by atoms with Gasteiger partial charge in [-0.15, -0.1) is 5.10 Å². The summed E-state index contributed by atoms with van der Waals surface area (Å²) in [5, 5.41) is 14.1. The molecule has 0 fully saturated rings. The van der Waals surface area contributed by atoms with Crippen LogP contribution in [0.15, 0.2) is 24.5 Å². The van der Waals surface area contributed by atoms with Gasteiger partial charge in [-0.25, -0.2) is 4.68 Å². The number of benzene rings is 1. The number of tetrazole rings is 1. The number of carbonyl (C=O) groups is 1. The highest BCUT2D eigenvalue weighted by molar-refractivity contribution is 6.33. The first kappa shape index (κ1) is 15.4. The Morgan fingerprint density at radius 2 is 2.14 bits per heavy atom. The molecule has 7 nitrogen and oxygen atoms in total. The normalized spacial score (nSPS) is 13.0. The first-order valence-electron chi connectivity index (χ1n) is 6.38. The fourth-order valence-corrected chi connectivity index (χ4v) is 1.80. The molecule has 0 radical (unpaired) electrons. The number of nitrogens with two attached hydrogens (primary N) is 1. The van der Waals surface area contributed by atoms with Crippen molar-refractivity contribution in [3.63, 3.8) is 0 Å². The lowest BCUT2D eigenvalue weighted by Gasteiger charge is -2.26. The number of hydrogen-bond acceptors (Lipinski definition) is 5. The number of carbonyl (C=O) groups excluding carboxylic acids is 1. The molecule has 0 spiro atoms. The molecule has 3 N–H and O–H groups in total. The summed E-state index contributed by atoms with van der Waals surface area (Å²) in [4.78, 5) is 12.2. The number of aromatic nitrogens is 4. The van der Waals surface area contributed by atoms with Crippen LogP contribution in [-0.4, -0.2) is 32.2 Å². The van der Waals surface area contributed by atoms with Crippen LogP contribution >= 0.6 is 11.6 Å². The molecule has 0 saturated heterocycles. The van der Waals surface area contributed by atoms with Crippen LogP contribution in [0, 0.1) is 5.41 Å². The van der Waals surface area contributed by atoms with E-state index in [0.717, 1.165) is 0 Å². The molecule has 1 unspecified atom stereocenters. The van der Waals surface area contributed by atoms with Gasteiger partial charge in [-0.2, -0.15) is 0 Å². The number of nitrogens with zero attached hydrogens (tertiary/aromatic N) is 4. The Balaban J connectivity index is 2.24. The molecule has 2 rings (SSSR count). The van der Waals surface area contributed by atoms with Gasteiger partial charge in [-0.05, 0) is 34.0 Å². The molecule has 112 valence electrons. The number of nitrogens with one attached hydrogen (secondary N) is 1. The summed E-state index contributed by atoms with van der Waals surface area (Å²) < 4.78 is 1.47. The van der Waals surface area contributed by atoms with E-state index in [1.165, 1.54) is 11.0 Å². The third-order valence-corrected chi connectivity index (χ3v) is 3.37. The second-order valence-corrected chi connectivity index (χ2v) is 6.16. The molecule has 0 aliphatic rings. The number of amides is 1. The quantitative estimate of drug-likeness (QED) is 0.898. The van der Waals surface area contributed by atoms with E-state index in [0.29, 0.717) is 16.4 Å². The van der Waals surface area contributed by atoms with Crippen molar-refractivity contribution >= 4 is 23.2 Å². The monoisotopic (exact) mass is 308 g/mol. The second-order valence-electron chi connectivity index (χ2n) is 5.75. The van der Waals surface area contributed by atoms with Gasteiger partial charge in [0.25, 0.3) is 0 Å². The maximum atomic E-state index is 12.2. The molecule has 0 bridgehead atoms. The Morgan fingerprint density at radius 3 is 2.71 bits per heavy atom. The summed E-state index contributed by atoms with van der Waals surface area (Å²) in [6.07, 6.45) is 1.45. The Bertz CT molecular complexity index is 635. The topological polar surface area (TPSA) is 98.7 Å². The molecule has 1 aromatic heterocycles. The van der Waals surface area contributed by atoms with Gasteiger partial charge in [-0.3, -0.25) is 4.79 Å². The lowest BCUT2D eigenvalue weighted by atomic mass is 9.87. The number of rotatable bonds is 3. The maximum Gasteiger partial charge on any atom is 0.241 e. The molecule has 0 aliphatic heterocycles. The van der Waals surface area contributed by atoms with E-state index in [1.54, 1.807) is 18.2 Å². The predicted molar refractivity (Wildman–Crippen MR) is 80.2 cm³/mol. The molecular weight excluding hydrogens is 292 g/mol. The summed E-state index contributed by atoms with van der Waals surface area (Å²) in [7, 11) is 0. The van der Waals surface area contributed by atoms with E-state index in [2.05, 4.69) is 20.8 Å². The molecule has 1 heterocycles. The van der Waals surface area contributed by atoms with Crippen molar-refractivity contribution in [1.82, 2.24) is 20.2 Å². The van der Waals surface area contributed by atoms with Crippen molar-refractivity contribution in [3.8, 4) is 5.69 Å². The van der Waals surface area contributed by atoms with E-state index in [1.807, 2.05) is 20.8 Å². The first-order chi connectivity index (χ1) is 9.79. The molecule has 0 aliphatic carbocycles. The average molecular weight is 309 g/mol. The summed E-state index contributed by atoms with van der Waals surface area (Å²) >= 11 is 6.10. The molecule has 0 saturated carbocycles. The lowest BCUT2D eigenvalue weighted by Crippen LogP contribution is -2.45. The van der Waals surface area contributed by atoms with E-state index in [-0.39, 0.29) is 11.3 Å². The van der Waals surface area contributed by atoms with Crippen LogP contribution in [0.4, 0.5) is 5.69 Å². The molecule has 8 heteroatoms. The zero-order chi connectivity index (χ0) is 15.6. The van der Waals surface area contributed by atoms with Crippen molar-refractivity contribution < 1.29 is 4.79 Å². The molecule has 1 aromatic carbocycles. The van der Waals surface area contributed by atoms with Gasteiger partial charge in [-0.1, -0.05) is 32.4 Å². The van der Waals surface area contributed by atoms with Gasteiger partial charge in [0, 0.05) is 0 Å². The summed E-state index contributed by atoms with van der Waals surface area (Å²) in [6, 6.07) is 4.45. The van der Waals surface area contributed by atoms with Gasteiger partial charge in [0.05, 0.1) is 22.4 Å². The van der Waals surface area contributed by atoms with Crippen LogP contribution in [0.25, 0.3) is 5.69 Å². The van der Waals surface area contributed by atoms with Gasteiger partial charge in [0.1, 0.15) is 6.33 Å².